The van der Waals surface area contributed by atoms with Gasteiger partial charge in [-0.25, -0.2) is 0 Å². The van der Waals surface area contributed by atoms with Crippen molar-refractivity contribution in [2.45, 2.75) is 31.8 Å². The van der Waals surface area contributed by atoms with Crippen LogP contribution in [0.3, 0.4) is 0 Å². The second kappa shape index (κ2) is 7.07. The highest BCUT2D eigenvalue weighted by Gasteiger charge is 2.18. The maximum atomic E-state index is 10.5. The normalized spacial score (nSPS) is 17.5. The first-order valence-electron chi connectivity index (χ1n) is 8.06. The highest BCUT2D eigenvalue weighted by Crippen LogP contribution is 2.25. The predicted molar refractivity (Wildman–Crippen MR) is 88.2 cm³/mol. The summed E-state index contributed by atoms with van der Waals surface area (Å²) < 4.78 is 5.31. The van der Waals surface area contributed by atoms with Crippen molar-refractivity contribution in [1.82, 2.24) is 10.3 Å². The van der Waals surface area contributed by atoms with Gasteiger partial charge in [-0.2, -0.15) is 0 Å². The summed E-state index contributed by atoms with van der Waals surface area (Å²) in [6.45, 7) is 2.15. The van der Waals surface area contributed by atoms with Crippen molar-refractivity contribution >= 4 is 10.9 Å². The van der Waals surface area contributed by atoms with Gasteiger partial charge in [-0.3, -0.25) is 4.98 Å². The van der Waals surface area contributed by atoms with E-state index >= 15 is 0 Å². The van der Waals surface area contributed by atoms with Crippen LogP contribution in [0, 0.1) is 5.92 Å². The summed E-state index contributed by atoms with van der Waals surface area (Å²) in [5.74, 6) is 1.47. The zero-order valence-electron chi connectivity index (χ0n) is 13.1. The van der Waals surface area contributed by atoms with E-state index in [0.717, 1.165) is 41.7 Å². The summed E-state index contributed by atoms with van der Waals surface area (Å²) in [6, 6.07) is 7.91. The first kappa shape index (κ1) is 15.3. The third kappa shape index (κ3) is 3.57. The highest BCUT2D eigenvalue weighted by molar-refractivity contribution is 5.83. The molecule has 0 radical (unpaired) electrons. The van der Waals surface area contributed by atoms with E-state index in [-0.39, 0.29) is 6.10 Å². The summed E-state index contributed by atoms with van der Waals surface area (Å²) in [6.07, 6.45) is 5.43. The van der Waals surface area contributed by atoms with E-state index in [1.807, 2.05) is 30.5 Å². The molecule has 118 valence electrons. The number of piperidine rings is 1. The Balaban J connectivity index is 1.74. The van der Waals surface area contributed by atoms with Gasteiger partial charge in [0.15, 0.2) is 0 Å². The Morgan fingerprint density at radius 1 is 1.32 bits per heavy atom. The second-order valence-corrected chi connectivity index (χ2v) is 6.14. The fraction of sp³-hybridized carbons (Fsp3) is 0.500. The Hall–Kier alpha value is -1.65. The standard InChI is InChI=1S/C18H24N2O2/c1-22-16-2-3-18-17(12-16)14(6-9-20-18)11-15(21)10-13-4-7-19-8-5-13/h2-3,6,9,12-13,15,19,21H,4-5,7-8,10-11H2,1H3/t15-/m0/s1. The van der Waals surface area contributed by atoms with Gasteiger partial charge in [-0.05, 0) is 74.5 Å². The summed E-state index contributed by atoms with van der Waals surface area (Å²) in [4.78, 5) is 4.39. The minimum atomic E-state index is -0.292. The molecule has 1 aromatic carbocycles. The number of ether oxygens (including phenoxy) is 1. The average molecular weight is 300 g/mol. The number of aliphatic hydroxyl groups is 1. The zero-order valence-corrected chi connectivity index (χ0v) is 13.1. The highest BCUT2D eigenvalue weighted by atomic mass is 16.5. The van der Waals surface area contributed by atoms with Crippen molar-refractivity contribution in [3.63, 3.8) is 0 Å². The maximum absolute atomic E-state index is 10.5. The fourth-order valence-corrected chi connectivity index (χ4v) is 3.33. The lowest BCUT2D eigenvalue weighted by molar-refractivity contribution is 0.133. The molecule has 1 fully saturated rings. The Kier molecular flexibility index (Phi) is 4.90. The van der Waals surface area contributed by atoms with E-state index in [9.17, 15) is 5.11 Å². The molecule has 0 spiro atoms. The van der Waals surface area contributed by atoms with Gasteiger partial charge in [0.2, 0.25) is 0 Å². The van der Waals surface area contributed by atoms with E-state index < -0.39 is 0 Å². The topological polar surface area (TPSA) is 54.4 Å². The minimum absolute atomic E-state index is 0.292. The molecule has 0 unspecified atom stereocenters. The molecule has 0 bridgehead atoms. The third-order valence-corrected chi connectivity index (χ3v) is 4.56. The van der Waals surface area contributed by atoms with Crippen LogP contribution in [-0.4, -0.2) is 36.4 Å². The number of nitrogens with zero attached hydrogens (tertiary/aromatic N) is 1. The maximum Gasteiger partial charge on any atom is 0.119 e. The molecular weight excluding hydrogens is 276 g/mol. The fourth-order valence-electron chi connectivity index (χ4n) is 3.33. The molecule has 0 aliphatic carbocycles. The summed E-state index contributed by atoms with van der Waals surface area (Å²) in [7, 11) is 1.67. The van der Waals surface area contributed by atoms with Crippen molar-refractivity contribution in [3.05, 3.63) is 36.0 Å². The third-order valence-electron chi connectivity index (χ3n) is 4.56. The van der Waals surface area contributed by atoms with Crippen LogP contribution in [-0.2, 0) is 6.42 Å². The minimum Gasteiger partial charge on any atom is -0.497 e. The monoisotopic (exact) mass is 300 g/mol. The lowest BCUT2D eigenvalue weighted by Crippen LogP contribution is -2.30. The van der Waals surface area contributed by atoms with Gasteiger partial charge in [0.25, 0.3) is 0 Å². The largest absolute Gasteiger partial charge is 0.497 e. The molecule has 2 aromatic rings. The number of hydrogen-bond donors (Lipinski definition) is 2. The smallest absolute Gasteiger partial charge is 0.119 e. The first-order valence-corrected chi connectivity index (χ1v) is 8.06. The number of aliphatic hydroxyl groups excluding tert-OH is 1. The molecule has 0 amide bonds. The van der Waals surface area contributed by atoms with Gasteiger partial charge in [0.05, 0.1) is 18.7 Å². The number of hydrogen-bond acceptors (Lipinski definition) is 4. The quantitative estimate of drug-likeness (QED) is 0.891. The summed E-state index contributed by atoms with van der Waals surface area (Å²) >= 11 is 0. The number of nitrogens with one attached hydrogen (secondary N) is 1. The average Bonchev–Trinajstić information content (AvgIpc) is 2.55. The molecule has 1 atom stereocenters. The lowest BCUT2D eigenvalue weighted by Gasteiger charge is -2.25. The predicted octanol–water partition coefficient (Wildman–Crippen LogP) is 2.54. The van der Waals surface area contributed by atoms with Gasteiger partial charge in [-0.15, -0.1) is 0 Å². The van der Waals surface area contributed by atoms with Gasteiger partial charge in [-0.1, -0.05) is 0 Å². The lowest BCUT2D eigenvalue weighted by atomic mass is 9.89. The molecule has 1 aromatic heterocycles. The Labute approximate surface area is 131 Å². The van der Waals surface area contributed by atoms with Crippen LogP contribution in [0.1, 0.15) is 24.8 Å². The Bertz CT molecular complexity index is 624. The van der Waals surface area contributed by atoms with Crippen molar-refractivity contribution in [2.75, 3.05) is 20.2 Å². The van der Waals surface area contributed by atoms with Gasteiger partial charge < -0.3 is 15.2 Å². The number of aromatic nitrogens is 1. The summed E-state index contributed by atoms with van der Waals surface area (Å²) in [5, 5.41) is 14.9. The van der Waals surface area contributed by atoms with Gasteiger partial charge >= 0.3 is 0 Å². The van der Waals surface area contributed by atoms with Crippen LogP contribution in [0.5, 0.6) is 5.75 Å². The second-order valence-electron chi connectivity index (χ2n) is 6.14. The van der Waals surface area contributed by atoms with Crippen LogP contribution < -0.4 is 10.1 Å². The van der Waals surface area contributed by atoms with Crippen LogP contribution in [0.15, 0.2) is 30.5 Å². The molecule has 1 aliphatic rings. The van der Waals surface area contributed by atoms with E-state index in [4.69, 9.17) is 4.74 Å². The van der Waals surface area contributed by atoms with Crippen molar-refractivity contribution in [1.29, 1.82) is 0 Å². The number of rotatable bonds is 5. The number of pyridine rings is 1. The molecular formula is C18H24N2O2. The Morgan fingerprint density at radius 3 is 2.91 bits per heavy atom. The van der Waals surface area contributed by atoms with Crippen LogP contribution in [0.2, 0.25) is 0 Å². The van der Waals surface area contributed by atoms with E-state index in [0.29, 0.717) is 12.3 Å². The van der Waals surface area contributed by atoms with E-state index in [1.165, 1.54) is 12.8 Å². The number of fused-ring (bicyclic) bond motifs is 1. The van der Waals surface area contributed by atoms with Crippen molar-refractivity contribution in [3.8, 4) is 5.75 Å². The molecule has 2 N–H and O–H groups in total. The van der Waals surface area contributed by atoms with Crippen molar-refractivity contribution in [2.24, 2.45) is 5.92 Å². The molecule has 4 heteroatoms. The van der Waals surface area contributed by atoms with Gasteiger partial charge in [0, 0.05) is 11.6 Å². The van der Waals surface area contributed by atoms with E-state index in [2.05, 4.69) is 10.3 Å². The van der Waals surface area contributed by atoms with Crippen molar-refractivity contribution < 1.29 is 9.84 Å². The SMILES string of the molecule is COc1ccc2nccc(C[C@@H](O)CC3CCNCC3)c2c1. The van der Waals surface area contributed by atoms with Crippen LogP contribution in [0.4, 0.5) is 0 Å². The number of methoxy groups -OCH3 is 1. The van der Waals surface area contributed by atoms with Crippen LogP contribution >= 0.6 is 0 Å². The molecule has 22 heavy (non-hydrogen) atoms. The first-order chi connectivity index (χ1) is 10.8. The Morgan fingerprint density at radius 2 is 2.14 bits per heavy atom. The molecule has 2 heterocycles. The summed E-state index contributed by atoms with van der Waals surface area (Å²) in [5.41, 5.74) is 2.10. The van der Waals surface area contributed by atoms with E-state index in [1.54, 1.807) is 7.11 Å². The molecule has 1 saturated heterocycles. The van der Waals surface area contributed by atoms with Gasteiger partial charge in [0.1, 0.15) is 5.75 Å². The zero-order chi connectivity index (χ0) is 15.4. The molecule has 3 rings (SSSR count). The molecule has 0 saturated carbocycles. The van der Waals surface area contributed by atoms with Crippen LogP contribution in [0.25, 0.3) is 10.9 Å². The molecule has 4 nitrogen and oxygen atoms in total. The molecule has 1 aliphatic heterocycles. The number of benzene rings is 1.